The lowest BCUT2D eigenvalue weighted by Crippen LogP contribution is -2.50. The Bertz CT molecular complexity index is 545. The van der Waals surface area contributed by atoms with Crippen molar-refractivity contribution in [3.63, 3.8) is 0 Å². The maximum Gasteiger partial charge on any atom is 0.262 e. The molecule has 2 amide bonds. The molecule has 1 aliphatic heterocycles. The molecule has 1 heterocycles. The summed E-state index contributed by atoms with van der Waals surface area (Å²) in [6.07, 6.45) is -0.613. The van der Waals surface area contributed by atoms with Crippen LogP contribution >= 0.6 is 0 Å². The number of fused-ring (bicyclic) bond motifs is 1. The van der Waals surface area contributed by atoms with Gasteiger partial charge in [0, 0.05) is 13.6 Å². The van der Waals surface area contributed by atoms with Crippen molar-refractivity contribution in [1.82, 2.24) is 10.6 Å². The molecule has 0 radical (unpaired) electrons. The molecule has 1 aliphatic rings. The SMILES string of the molecule is CNC(=O)[C@@H]1CN(CC(=O)NCC(C)C)c2ccccc2O1. The van der Waals surface area contributed by atoms with Crippen LogP contribution in [-0.4, -0.2) is 44.6 Å². The van der Waals surface area contributed by atoms with E-state index in [9.17, 15) is 9.59 Å². The third kappa shape index (κ3) is 3.90. The molecule has 0 fully saturated rings. The molecule has 6 heteroatoms. The second kappa shape index (κ2) is 7.15. The van der Waals surface area contributed by atoms with Crippen LogP contribution < -0.4 is 20.3 Å². The Kier molecular flexibility index (Phi) is 5.25. The second-order valence-corrected chi connectivity index (χ2v) is 5.77. The van der Waals surface area contributed by atoms with E-state index in [1.807, 2.05) is 43.0 Å². The Morgan fingerprint density at radius 1 is 1.36 bits per heavy atom. The Labute approximate surface area is 130 Å². The third-order valence-corrected chi connectivity index (χ3v) is 3.44. The van der Waals surface area contributed by atoms with Gasteiger partial charge in [0.05, 0.1) is 18.8 Å². The maximum atomic E-state index is 12.1. The minimum Gasteiger partial charge on any atom is -0.477 e. The fraction of sp³-hybridized carbons (Fsp3) is 0.500. The number of ether oxygens (including phenoxy) is 1. The lowest BCUT2D eigenvalue weighted by Gasteiger charge is -2.35. The van der Waals surface area contributed by atoms with Crippen LogP contribution in [0.3, 0.4) is 0 Å². The first-order valence-corrected chi connectivity index (χ1v) is 7.50. The van der Waals surface area contributed by atoms with Gasteiger partial charge < -0.3 is 20.3 Å². The lowest BCUT2D eigenvalue weighted by atomic mass is 10.1. The molecule has 0 bridgehead atoms. The number of carbonyl (C=O) groups excluding carboxylic acids is 2. The highest BCUT2D eigenvalue weighted by molar-refractivity contribution is 5.86. The topological polar surface area (TPSA) is 70.7 Å². The van der Waals surface area contributed by atoms with Crippen molar-refractivity contribution < 1.29 is 14.3 Å². The van der Waals surface area contributed by atoms with Crippen molar-refractivity contribution in [2.75, 3.05) is 31.6 Å². The zero-order chi connectivity index (χ0) is 16.1. The van der Waals surface area contributed by atoms with Crippen LogP contribution in [0.4, 0.5) is 5.69 Å². The highest BCUT2D eigenvalue weighted by Crippen LogP contribution is 2.32. The highest BCUT2D eigenvalue weighted by Gasteiger charge is 2.30. The average Bonchev–Trinajstić information content (AvgIpc) is 2.52. The molecule has 0 saturated heterocycles. The molecule has 6 nitrogen and oxygen atoms in total. The lowest BCUT2D eigenvalue weighted by molar-refractivity contribution is -0.127. The van der Waals surface area contributed by atoms with E-state index in [0.717, 1.165) is 5.69 Å². The van der Waals surface area contributed by atoms with Crippen LogP contribution in [0.15, 0.2) is 24.3 Å². The number of amides is 2. The molecular formula is C16H23N3O3. The number of para-hydroxylation sites is 2. The van der Waals surface area contributed by atoms with Crippen molar-refractivity contribution in [2.45, 2.75) is 20.0 Å². The number of nitrogens with one attached hydrogen (secondary N) is 2. The number of nitrogens with zero attached hydrogens (tertiary/aromatic N) is 1. The summed E-state index contributed by atoms with van der Waals surface area (Å²) in [5.74, 6) is 0.779. The minimum atomic E-state index is -0.613. The molecule has 0 aliphatic carbocycles. The summed E-state index contributed by atoms with van der Waals surface area (Å²) in [5.41, 5.74) is 0.836. The molecule has 120 valence electrons. The van der Waals surface area contributed by atoms with E-state index < -0.39 is 6.10 Å². The van der Waals surface area contributed by atoms with E-state index >= 15 is 0 Å². The number of carbonyl (C=O) groups is 2. The van der Waals surface area contributed by atoms with Crippen LogP contribution in [0, 0.1) is 5.92 Å². The summed E-state index contributed by atoms with van der Waals surface area (Å²) in [5, 5.41) is 5.48. The Morgan fingerprint density at radius 2 is 2.09 bits per heavy atom. The van der Waals surface area contributed by atoms with E-state index in [-0.39, 0.29) is 18.4 Å². The Balaban J connectivity index is 2.11. The zero-order valence-corrected chi connectivity index (χ0v) is 13.3. The van der Waals surface area contributed by atoms with Crippen molar-refractivity contribution in [1.29, 1.82) is 0 Å². The van der Waals surface area contributed by atoms with Crippen molar-refractivity contribution >= 4 is 17.5 Å². The molecule has 2 rings (SSSR count). The van der Waals surface area contributed by atoms with Crippen molar-refractivity contribution in [3.8, 4) is 5.75 Å². The van der Waals surface area contributed by atoms with E-state index in [2.05, 4.69) is 10.6 Å². The maximum absolute atomic E-state index is 12.1. The van der Waals surface area contributed by atoms with E-state index in [1.165, 1.54) is 0 Å². The summed E-state index contributed by atoms with van der Waals surface area (Å²) in [6, 6.07) is 7.44. The molecule has 2 N–H and O–H groups in total. The van der Waals surface area contributed by atoms with E-state index in [0.29, 0.717) is 24.8 Å². The summed E-state index contributed by atoms with van der Waals surface area (Å²) in [7, 11) is 1.58. The van der Waals surface area contributed by atoms with Gasteiger partial charge in [0.25, 0.3) is 5.91 Å². The van der Waals surface area contributed by atoms with Gasteiger partial charge in [-0.1, -0.05) is 26.0 Å². The van der Waals surface area contributed by atoms with Crippen LogP contribution in [0.5, 0.6) is 5.75 Å². The monoisotopic (exact) mass is 305 g/mol. The fourth-order valence-electron chi connectivity index (χ4n) is 2.30. The molecule has 0 unspecified atom stereocenters. The second-order valence-electron chi connectivity index (χ2n) is 5.77. The van der Waals surface area contributed by atoms with Gasteiger partial charge in [-0.05, 0) is 18.1 Å². The zero-order valence-electron chi connectivity index (χ0n) is 13.3. The first kappa shape index (κ1) is 16.1. The predicted molar refractivity (Wildman–Crippen MR) is 85.0 cm³/mol. The van der Waals surface area contributed by atoms with Gasteiger partial charge in [0.1, 0.15) is 5.75 Å². The Hall–Kier alpha value is -2.24. The van der Waals surface area contributed by atoms with Crippen LogP contribution in [0.25, 0.3) is 0 Å². The van der Waals surface area contributed by atoms with Gasteiger partial charge >= 0.3 is 0 Å². The smallest absolute Gasteiger partial charge is 0.262 e. The number of anilines is 1. The van der Waals surface area contributed by atoms with Gasteiger partial charge in [-0.2, -0.15) is 0 Å². The average molecular weight is 305 g/mol. The summed E-state index contributed by atoms with van der Waals surface area (Å²) >= 11 is 0. The quantitative estimate of drug-likeness (QED) is 0.843. The first-order valence-electron chi connectivity index (χ1n) is 7.50. The van der Waals surface area contributed by atoms with Crippen molar-refractivity contribution in [3.05, 3.63) is 24.3 Å². The van der Waals surface area contributed by atoms with Gasteiger partial charge in [0.15, 0.2) is 6.10 Å². The van der Waals surface area contributed by atoms with Gasteiger partial charge in [-0.15, -0.1) is 0 Å². The molecule has 1 aromatic carbocycles. The largest absolute Gasteiger partial charge is 0.477 e. The van der Waals surface area contributed by atoms with E-state index in [4.69, 9.17) is 4.74 Å². The van der Waals surface area contributed by atoms with Gasteiger partial charge in [-0.25, -0.2) is 0 Å². The molecule has 0 saturated carbocycles. The van der Waals surface area contributed by atoms with Crippen LogP contribution in [-0.2, 0) is 9.59 Å². The number of likely N-dealkylation sites (N-methyl/N-ethyl adjacent to an activating group) is 1. The number of rotatable bonds is 5. The van der Waals surface area contributed by atoms with Crippen LogP contribution in [0.1, 0.15) is 13.8 Å². The summed E-state index contributed by atoms with van der Waals surface area (Å²) in [6.45, 7) is 5.30. The third-order valence-electron chi connectivity index (χ3n) is 3.44. The fourth-order valence-corrected chi connectivity index (χ4v) is 2.30. The molecule has 1 atom stereocenters. The number of benzene rings is 1. The highest BCUT2D eigenvalue weighted by atomic mass is 16.5. The normalized spacial score (nSPS) is 16.7. The summed E-state index contributed by atoms with van der Waals surface area (Å²) in [4.78, 5) is 25.8. The van der Waals surface area contributed by atoms with E-state index in [1.54, 1.807) is 7.05 Å². The summed E-state index contributed by atoms with van der Waals surface area (Å²) < 4.78 is 5.71. The predicted octanol–water partition coefficient (Wildman–Crippen LogP) is 0.772. The van der Waals surface area contributed by atoms with Gasteiger partial charge in [0.2, 0.25) is 5.91 Å². The van der Waals surface area contributed by atoms with Gasteiger partial charge in [-0.3, -0.25) is 9.59 Å². The molecule has 22 heavy (non-hydrogen) atoms. The molecule has 0 spiro atoms. The molecule has 1 aromatic rings. The van der Waals surface area contributed by atoms with Crippen molar-refractivity contribution in [2.24, 2.45) is 5.92 Å². The molecular weight excluding hydrogens is 282 g/mol. The Morgan fingerprint density at radius 3 is 2.77 bits per heavy atom. The number of hydrogen-bond acceptors (Lipinski definition) is 4. The molecule has 0 aromatic heterocycles. The minimum absolute atomic E-state index is 0.0546. The number of hydrogen-bond donors (Lipinski definition) is 2. The first-order chi connectivity index (χ1) is 10.5. The van der Waals surface area contributed by atoms with Crippen LogP contribution in [0.2, 0.25) is 0 Å². The standard InChI is InChI=1S/C16H23N3O3/c1-11(2)8-18-15(20)10-19-9-14(16(21)17-3)22-13-7-5-4-6-12(13)19/h4-7,11,14H,8-10H2,1-3H3,(H,17,21)(H,18,20)/t14-/m0/s1.